The van der Waals surface area contributed by atoms with Crippen molar-refractivity contribution in [3.8, 4) is 11.1 Å². The molecule has 0 saturated heterocycles. The molecule has 5 heteroatoms. The van der Waals surface area contributed by atoms with Gasteiger partial charge in [0.05, 0.1) is 0 Å². The first-order chi connectivity index (χ1) is 24.9. The minimum atomic E-state index is -0.623. The average molecular weight is 888 g/mol. The monoisotopic (exact) mass is 884 g/mol. The van der Waals surface area contributed by atoms with Crippen LogP contribution in [0.5, 0.6) is 0 Å². The Morgan fingerprint density at radius 1 is 0.727 bits per heavy atom. The van der Waals surface area contributed by atoms with E-state index >= 15 is 0 Å². The Morgan fingerprint density at radius 2 is 1.24 bits per heavy atom. The molecule has 0 fully saturated rings. The van der Waals surface area contributed by atoms with Crippen LogP contribution in [-0.2, 0) is 51.4 Å². The van der Waals surface area contributed by atoms with Gasteiger partial charge in [-0.3, -0.25) is 6.08 Å². The van der Waals surface area contributed by atoms with E-state index in [1.165, 1.54) is 77.9 Å². The van der Waals surface area contributed by atoms with E-state index < -0.39 is 22.3 Å². The van der Waals surface area contributed by atoms with Crippen molar-refractivity contribution in [3.05, 3.63) is 169 Å². The molecule has 0 saturated carbocycles. The average Bonchev–Trinajstić information content (AvgIpc) is 3.83. The Morgan fingerprint density at radius 3 is 1.71 bits per heavy atom. The molecule has 3 aliphatic carbocycles. The van der Waals surface area contributed by atoms with Crippen molar-refractivity contribution in [2.75, 3.05) is 0 Å². The topological polar surface area (TPSA) is 0 Å². The van der Waals surface area contributed by atoms with E-state index in [0.717, 1.165) is 22.9 Å². The van der Waals surface area contributed by atoms with Crippen LogP contribution in [0.3, 0.4) is 0 Å². The number of fused-ring (bicyclic) bond motifs is 5. The number of halogens is 4. The molecule has 5 aromatic rings. The van der Waals surface area contributed by atoms with Gasteiger partial charge in [0.15, 0.2) is 0 Å². The number of aryl methyl sites for hydroxylation is 1. The van der Waals surface area contributed by atoms with Crippen molar-refractivity contribution in [1.82, 2.24) is 0 Å². The van der Waals surface area contributed by atoms with Crippen LogP contribution in [-0.4, -0.2) is 7.42 Å². The Balaban J connectivity index is 0.000000196. The van der Waals surface area contributed by atoms with Crippen LogP contribution in [0.4, 0.5) is 0 Å². The predicted octanol–water partition coefficient (Wildman–Crippen LogP) is 14.6. The molecule has 0 spiro atoms. The van der Waals surface area contributed by atoms with Gasteiger partial charge in [-0.15, -0.1) is 36.4 Å². The summed E-state index contributed by atoms with van der Waals surface area (Å²) in [5.41, 5.74) is 20.3. The number of hydrogen-bond acceptors (Lipinski definition) is 0. The first kappa shape index (κ1) is 45.2. The van der Waals surface area contributed by atoms with Crippen molar-refractivity contribution in [2.45, 2.75) is 98.3 Å². The summed E-state index contributed by atoms with van der Waals surface area (Å²) < 4.78 is 4.66. The summed E-state index contributed by atoms with van der Waals surface area (Å²) in [7, 11) is 0. The van der Waals surface area contributed by atoms with Gasteiger partial charge in [0.2, 0.25) is 0 Å². The third-order valence-corrected chi connectivity index (χ3v) is 13.7. The standard InChI is InChI=1S/C25H25.C11H17.2C7H5Cl.2ClH.Zr/c1-14-12-24(3,4)22-8-16-7-17-9-23-19(15(2)13-25(23,5)6)11-21(17)20(16)10-18(14)22;1-5-9-6-7-10(8-9)11(2,3)4;2*1-6-2-4-7(8)5-3-6;;;/h8-12H,7H2,1-6H3;6-8H,5H2,1-4H3;2*1-5H;2*1H;/q2*-1;;;;;. The van der Waals surface area contributed by atoms with Crippen molar-refractivity contribution in [3.63, 3.8) is 0 Å². The van der Waals surface area contributed by atoms with Gasteiger partial charge in [-0.1, -0.05) is 97.8 Å². The second-order valence-electron chi connectivity index (χ2n) is 16.9. The Labute approximate surface area is 364 Å². The second kappa shape index (κ2) is 18.0. The van der Waals surface area contributed by atoms with E-state index in [4.69, 9.17) is 23.2 Å². The molecule has 0 aliphatic heterocycles. The van der Waals surface area contributed by atoms with Gasteiger partial charge >= 0.3 is 123 Å². The summed E-state index contributed by atoms with van der Waals surface area (Å²) in [5.74, 6) is 0. The number of rotatable bonds is 3. The summed E-state index contributed by atoms with van der Waals surface area (Å²) >= 11 is 11.0. The summed E-state index contributed by atoms with van der Waals surface area (Å²) in [6.45, 7) is 22.6. The van der Waals surface area contributed by atoms with Gasteiger partial charge in [0, 0.05) is 5.41 Å². The molecular formula is C50H54Cl4Zr-2. The molecule has 8 rings (SSSR count). The van der Waals surface area contributed by atoms with Gasteiger partial charge in [-0.05, 0) is 58.4 Å². The summed E-state index contributed by atoms with van der Waals surface area (Å²) in [6, 6.07) is 32.5. The molecule has 288 valence electrons. The van der Waals surface area contributed by atoms with Crippen LogP contribution in [0.15, 0.2) is 97.1 Å². The van der Waals surface area contributed by atoms with Gasteiger partial charge < -0.3 is 0 Å². The van der Waals surface area contributed by atoms with E-state index in [1.54, 1.807) is 0 Å². The van der Waals surface area contributed by atoms with Crippen molar-refractivity contribution in [1.29, 1.82) is 0 Å². The Kier molecular flexibility index (Phi) is 14.8. The Bertz CT molecular complexity index is 2150. The zero-order chi connectivity index (χ0) is 38.3. The predicted molar refractivity (Wildman–Crippen MR) is 245 cm³/mol. The fourth-order valence-electron chi connectivity index (χ4n) is 7.81. The molecule has 5 aromatic carbocycles. The maximum absolute atomic E-state index is 5.84. The molecule has 0 nitrogen and oxygen atoms in total. The van der Waals surface area contributed by atoms with Crippen molar-refractivity contribution >= 4 is 66.6 Å². The number of allylic oxidation sites excluding steroid dienone is 4. The molecular weight excluding hydrogens is 834 g/mol. The quantitative estimate of drug-likeness (QED) is 0.155. The zero-order valence-electron chi connectivity index (χ0n) is 33.9. The van der Waals surface area contributed by atoms with Crippen molar-refractivity contribution in [2.24, 2.45) is 0 Å². The molecule has 0 aromatic heterocycles. The molecule has 0 atom stereocenters. The van der Waals surface area contributed by atoms with Gasteiger partial charge in [-0.2, -0.15) is 28.8 Å². The van der Waals surface area contributed by atoms with Gasteiger partial charge in [0.1, 0.15) is 0 Å². The maximum atomic E-state index is 5.84. The van der Waals surface area contributed by atoms with E-state index in [2.05, 4.69) is 156 Å². The summed E-state index contributed by atoms with van der Waals surface area (Å²) in [6.07, 6.45) is 8.28. The fraction of sp³-hybridized carbons (Fsp3) is 0.300. The normalized spacial score (nSPS) is 14.7. The van der Waals surface area contributed by atoms with Crippen LogP contribution in [0.1, 0.15) is 125 Å². The molecule has 55 heavy (non-hydrogen) atoms. The Hall–Kier alpha value is -2.51. The van der Waals surface area contributed by atoms with Gasteiger partial charge in [-0.25, -0.2) is 11.6 Å². The second-order valence-corrected chi connectivity index (χ2v) is 20.0. The first-order valence-corrected chi connectivity index (χ1v) is 22.4. The van der Waals surface area contributed by atoms with Crippen LogP contribution >= 0.6 is 48.0 Å². The molecule has 0 radical (unpaired) electrons. The molecule has 0 N–H and O–H groups in total. The summed E-state index contributed by atoms with van der Waals surface area (Å²) in [5, 5.41) is 1.57. The van der Waals surface area contributed by atoms with Gasteiger partial charge in [0.25, 0.3) is 0 Å². The third-order valence-electron chi connectivity index (χ3n) is 10.8. The van der Waals surface area contributed by atoms with E-state index in [-0.39, 0.29) is 35.6 Å². The molecule has 0 unspecified atom stereocenters. The summed E-state index contributed by atoms with van der Waals surface area (Å²) in [4.78, 5) is 0. The van der Waals surface area contributed by atoms with Crippen LogP contribution < -0.4 is 0 Å². The molecule has 0 bridgehead atoms. The SMILES string of the molecule is CC1=[C-]C(C)(C)c2cc3c(cc21)-c1cc2c(cc1C3)C(C)(C)C=C2C.CCc1cc(C(C)(C)C)c[cH-]1.Cl.Cl.Clc1ccc([CH]=[Zr]=[CH]c2ccc(Cl)cc2)cc1. The van der Waals surface area contributed by atoms with Crippen LogP contribution in [0.2, 0.25) is 10.0 Å². The minimum absolute atomic E-state index is 0. The zero-order valence-corrected chi connectivity index (χ0v) is 39.5. The van der Waals surface area contributed by atoms with Crippen LogP contribution in [0, 0.1) is 6.08 Å². The van der Waals surface area contributed by atoms with Crippen LogP contribution in [0.25, 0.3) is 22.3 Å². The fourth-order valence-corrected chi connectivity index (χ4v) is 10.2. The van der Waals surface area contributed by atoms with E-state index in [1.807, 2.05) is 24.3 Å². The third kappa shape index (κ3) is 10.3. The van der Waals surface area contributed by atoms with E-state index in [0.29, 0.717) is 5.41 Å². The van der Waals surface area contributed by atoms with Crippen molar-refractivity contribution < 1.29 is 22.3 Å². The first-order valence-electron chi connectivity index (χ1n) is 18.8. The number of benzene rings is 4. The number of hydrogen-bond donors (Lipinski definition) is 0. The molecule has 3 aliphatic rings. The molecule has 0 heterocycles. The molecule has 0 amide bonds. The van der Waals surface area contributed by atoms with E-state index in [9.17, 15) is 0 Å².